The number of amides is 3. The summed E-state index contributed by atoms with van der Waals surface area (Å²) in [6, 6.07) is 16.8. The third-order valence-electron chi connectivity index (χ3n) is 6.31. The molecule has 1 heterocycles. The van der Waals surface area contributed by atoms with E-state index in [9.17, 15) is 23.2 Å². The summed E-state index contributed by atoms with van der Waals surface area (Å²) in [6.45, 7) is 3.29. The van der Waals surface area contributed by atoms with Crippen molar-refractivity contribution in [2.45, 2.75) is 26.4 Å². The Kier molecular flexibility index (Phi) is 7.15. The Morgan fingerprint density at radius 1 is 0.917 bits per heavy atom. The first-order chi connectivity index (χ1) is 17.2. The van der Waals surface area contributed by atoms with Crippen LogP contribution in [0.2, 0.25) is 0 Å². The topological polar surface area (TPSA) is 78.5 Å². The number of nitrogens with one attached hydrogen (secondary N) is 2. The number of rotatable bonds is 6. The number of hydrogen-bond acceptors (Lipinski definition) is 3. The number of carbonyl (C=O) groups is 3. The van der Waals surface area contributed by atoms with Gasteiger partial charge in [0, 0.05) is 25.2 Å². The predicted molar refractivity (Wildman–Crippen MR) is 133 cm³/mol. The molecule has 2 unspecified atom stereocenters. The van der Waals surface area contributed by atoms with Crippen molar-refractivity contribution in [3.05, 3.63) is 89.5 Å². The van der Waals surface area contributed by atoms with Gasteiger partial charge in [0.15, 0.2) is 0 Å². The first kappa shape index (κ1) is 25.0. The highest BCUT2D eigenvalue weighted by molar-refractivity contribution is 6.08. The van der Waals surface area contributed by atoms with Gasteiger partial charge in [-0.3, -0.25) is 14.4 Å². The molecule has 0 aromatic heterocycles. The Bertz CT molecular complexity index is 1300. The van der Waals surface area contributed by atoms with Crippen LogP contribution in [0.5, 0.6) is 0 Å². The molecule has 36 heavy (non-hydrogen) atoms. The minimum atomic E-state index is -1.13. The number of hydrogen-bond donors (Lipinski definition) is 2. The fourth-order valence-corrected chi connectivity index (χ4v) is 4.54. The van der Waals surface area contributed by atoms with Crippen LogP contribution in [0.15, 0.2) is 66.7 Å². The third kappa shape index (κ3) is 4.98. The second-order valence-corrected chi connectivity index (χ2v) is 9.16. The fourth-order valence-electron chi connectivity index (χ4n) is 4.54. The summed E-state index contributed by atoms with van der Waals surface area (Å²) in [7, 11) is 1.65. The van der Waals surface area contributed by atoms with E-state index in [0.29, 0.717) is 11.3 Å². The van der Waals surface area contributed by atoms with Gasteiger partial charge >= 0.3 is 0 Å². The molecule has 1 aliphatic rings. The van der Waals surface area contributed by atoms with Crippen molar-refractivity contribution in [2.24, 2.45) is 11.8 Å². The van der Waals surface area contributed by atoms with E-state index < -0.39 is 41.3 Å². The van der Waals surface area contributed by atoms with E-state index in [-0.39, 0.29) is 18.0 Å². The van der Waals surface area contributed by atoms with Crippen molar-refractivity contribution < 1.29 is 23.2 Å². The van der Waals surface area contributed by atoms with Crippen LogP contribution in [-0.4, -0.2) is 24.8 Å². The zero-order chi connectivity index (χ0) is 26.0. The number of carbonyl (C=O) groups excluding carboxylic acids is 3. The van der Waals surface area contributed by atoms with E-state index in [1.807, 2.05) is 36.4 Å². The van der Waals surface area contributed by atoms with Crippen LogP contribution < -0.4 is 15.5 Å². The van der Waals surface area contributed by atoms with Gasteiger partial charge < -0.3 is 15.5 Å². The highest BCUT2D eigenvalue weighted by Crippen LogP contribution is 2.39. The Morgan fingerprint density at radius 2 is 1.53 bits per heavy atom. The molecule has 0 radical (unpaired) electrons. The van der Waals surface area contributed by atoms with Gasteiger partial charge in [-0.1, -0.05) is 56.3 Å². The fraction of sp³-hybridized carbons (Fsp3) is 0.250. The lowest BCUT2D eigenvalue weighted by atomic mass is 9.91. The van der Waals surface area contributed by atoms with Gasteiger partial charge in [-0.25, -0.2) is 8.78 Å². The SMILES string of the molecule is CC(C)C(C(=O)NCc1cc(F)cc(F)c1)C(=O)NC1C(=O)N(C)c2ccccc2-c2ccccc21. The van der Waals surface area contributed by atoms with Gasteiger partial charge in [-0.05, 0) is 40.8 Å². The molecule has 0 saturated heterocycles. The molecule has 0 saturated carbocycles. The average molecular weight is 492 g/mol. The van der Waals surface area contributed by atoms with E-state index in [4.69, 9.17) is 0 Å². The van der Waals surface area contributed by atoms with Crippen molar-refractivity contribution in [3.8, 4) is 11.1 Å². The molecule has 0 spiro atoms. The third-order valence-corrected chi connectivity index (χ3v) is 6.31. The Labute approximate surface area is 208 Å². The van der Waals surface area contributed by atoms with Crippen LogP contribution in [0.1, 0.15) is 31.0 Å². The molecule has 3 amide bonds. The van der Waals surface area contributed by atoms with Crippen molar-refractivity contribution in [3.63, 3.8) is 0 Å². The summed E-state index contributed by atoms with van der Waals surface area (Å²) in [5.41, 5.74) is 3.25. The number of fused-ring (bicyclic) bond motifs is 3. The second-order valence-electron chi connectivity index (χ2n) is 9.16. The van der Waals surface area contributed by atoms with Crippen molar-refractivity contribution >= 4 is 23.4 Å². The van der Waals surface area contributed by atoms with Crippen LogP contribution in [0.4, 0.5) is 14.5 Å². The molecule has 0 fully saturated rings. The van der Waals surface area contributed by atoms with Gasteiger partial charge in [0.2, 0.25) is 11.8 Å². The summed E-state index contributed by atoms with van der Waals surface area (Å²) >= 11 is 0. The first-order valence-electron chi connectivity index (χ1n) is 11.7. The van der Waals surface area contributed by atoms with E-state index in [2.05, 4.69) is 10.6 Å². The summed E-state index contributed by atoms with van der Waals surface area (Å²) < 4.78 is 27.0. The largest absolute Gasteiger partial charge is 0.351 e. The Hall–Kier alpha value is -4.07. The smallest absolute Gasteiger partial charge is 0.253 e. The lowest BCUT2D eigenvalue weighted by molar-refractivity contribution is -0.139. The number of anilines is 1. The lowest BCUT2D eigenvalue weighted by Gasteiger charge is -2.26. The molecule has 0 aliphatic carbocycles. The highest BCUT2D eigenvalue weighted by atomic mass is 19.1. The minimum Gasteiger partial charge on any atom is -0.351 e. The quantitative estimate of drug-likeness (QED) is 0.503. The summed E-state index contributed by atoms with van der Waals surface area (Å²) in [6.07, 6.45) is 0. The number of para-hydroxylation sites is 1. The zero-order valence-corrected chi connectivity index (χ0v) is 20.2. The van der Waals surface area contributed by atoms with Crippen LogP contribution in [-0.2, 0) is 20.9 Å². The van der Waals surface area contributed by atoms with Gasteiger partial charge in [0.1, 0.15) is 23.6 Å². The number of likely N-dealkylation sites (N-methyl/N-ethyl adjacent to an activating group) is 1. The van der Waals surface area contributed by atoms with E-state index in [1.54, 1.807) is 33.0 Å². The lowest BCUT2D eigenvalue weighted by Crippen LogP contribution is -2.48. The Balaban J connectivity index is 1.59. The predicted octanol–water partition coefficient (Wildman–Crippen LogP) is 4.35. The number of nitrogens with zero attached hydrogens (tertiary/aromatic N) is 1. The molecule has 6 nitrogen and oxygen atoms in total. The summed E-state index contributed by atoms with van der Waals surface area (Å²) in [5.74, 6) is -4.58. The number of benzene rings is 3. The number of halogens is 2. The van der Waals surface area contributed by atoms with Crippen LogP contribution in [0.25, 0.3) is 11.1 Å². The molecular weight excluding hydrogens is 464 g/mol. The maximum absolute atomic E-state index is 13.5. The maximum atomic E-state index is 13.5. The molecule has 2 N–H and O–H groups in total. The normalized spacial score (nSPS) is 15.6. The highest BCUT2D eigenvalue weighted by Gasteiger charge is 2.37. The van der Waals surface area contributed by atoms with Crippen LogP contribution in [0, 0.1) is 23.5 Å². The molecule has 1 aliphatic heterocycles. The minimum absolute atomic E-state index is 0.146. The van der Waals surface area contributed by atoms with Gasteiger partial charge in [-0.15, -0.1) is 0 Å². The average Bonchev–Trinajstić information content (AvgIpc) is 2.92. The van der Waals surface area contributed by atoms with E-state index in [1.165, 1.54) is 4.90 Å². The standard InChI is InChI=1S/C28H27F2N3O3/c1-16(2)24(26(34)31-15-17-12-18(29)14-19(30)13-17)27(35)32-25-22-10-5-4-8-20(22)21-9-6-7-11-23(21)33(3)28(25)36/h4-14,16,24-25H,15H2,1-3H3,(H,31,34)(H,32,35). The van der Waals surface area contributed by atoms with Crippen LogP contribution in [0.3, 0.4) is 0 Å². The van der Waals surface area contributed by atoms with E-state index in [0.717, 1.165) is 29.3 Å². The summed E-state index contributed by atoms with van der Waals surface area (Å²) in [4.78, 5) is 41.4. The molecule has 3 aromatic carbocycles. The van der Waals surface area contributed by atoms with Gasteiger partial charge in [0.25, 0.3) is 5.91 Å². The molecule has 3 aromatic rings. The molecule has 186 valence electrons. The summed E-state index contributed by atoms with van der Waals surface area (Å²) in [5, 5.41) is 5.39. The second kappa shape index (κ2) is 10.3. The van der Waals surface area contributed by atoms with E-state index >= 15 is 0 Å². The monoisotopic (exact) mass is 491 g/mol. The zero-order valence-electron chi connectivity index (χ0n) is 20.2. The van der Waals surface area contributed by atoms with Gasteiger partial charge in [-0.2, -0.15) is 0 Å². The van der Waals surface area contributed by atoms with Gasteiger partial charge in [0.05, 0.1) is 5.69 Å². The molecule has 0 bridgehead atoms. The van der Waals surface area contributed by atoms with Crippen molar-refractivity contribution in [1.82, 2.24) is 10.6 Å². The van der Waals surface area contributed by atoms with Crippen molar-refractivity contribution in [2.75, 3.05) is 11.9 Å². The first-order valence-corrected chi connectivity index (χ1v) is 11.7. The Morgan fingerprint density at radius 3 is 2.19 bits per heavy atom. The molecule has 8 heteroatoms. The molecule has 2 atom stereocenters. The van der Waals surface area contributed by atoms with Crippen molar-refractivity contribution in [1.29, 1.82) is 0 Å². The molecular formula is C28H27F2N3O3. The maximum Gasteiger partial charge on any atom is 0.253 e. The van der Waals surface area contributed by atoms with Crippen LogP contribution >= 0.6 is 0 Å². The molecule has 4 rings (SSSR count).